The highest BCUT2D eigenvalue weighted by molar-refractivity contribution is 6.38. The van der Waals surface area contributed by atoms with Crippen LogP contribution in [0.5, 0.6) is 0 Å². The van der Waals surface area contributed by atoms with Crippen LogP contribution in [-0.2, 0) is 0 Å². The smallest absolute Gasteiger partial charge is 0.147 e. The summed E-state index contributed by atoms with van der Waals surface area (Å²) < 4.78 is 2.42. The van der Waals surface area contributed by atoms with Crippen LogP contribution in [0.15, 0.2) is 181 Å². The molecule has 1 N–H and O–H groups in total. The van der Waals surface area contributed by atoms with Gasteiger partial charge in [-0.15, -0.1) is 0 Å². The molecule has 9 aromatic carbocycles. The van der Waals surface area contributed by atoms with Crippen molar-refractivity contribution in [1.29, 1.82) is 0 Å². The molecule has 1 unspecified atom stereocenters. The van der Waals surface area contributed by atoms with Gasteiger partial charge in [-0.25, -0.2) is 4.99 Å². The van der Waals surface area contributed by atoms with Crippen LogP contribution in [-0.4, -0.2) is 10.4 Å². The lowest BCUT2D eigenvalue weighted by molar-refractivity contribution is 0.661. The van der Waals surface area contributed by atoms with Gasteiger partial charge in [0.25, 0.3) is 0 Å². The lowest BCUT2D eigenvalue weighted by Crippen LogP contribution is -2.27. The van der Waals surface area contributed by atoms with Crippen molar-refractivity contribution in [1.82, 2.24) is 9.88 Å². The molecule has 0 saturated carbocycles. The number of hydrogen-bond acceptors (Lipinski definition) is 2. The fraction of sp³-hybridized carbons (Fsp3) is 0.0208. The summed E-state index contributed by atoms with van der Waals surface area (Å²) in [6.07, 6.45) is 1.95. The Bertz CT molecular complexity index is 3130. The van der Waals surface area contributed by atoms with Gasteiger partial charge in [-0.2, -0.15) is 0 Å². The molecule has 0 spiro atoms. The summed E-state index contributed by atoms with van der Waals surface area (Å²) in [5.74, 6) is 0.908. The highest BCUT2D eigenvalue weighted by Gasteiger charge is 2.25. The molecule has 1 aliphatic heterocycles. The summed E-state index contributed by atoms with van der Waals surface area (Å²) in [7, 11) is 0. The van der Waals surface area contributed by atoms with E-state index in [0.717, 1.165) is 28.2 Å². The third-order valence-corrected chi connectivity index (χ3v) is 10.7. The monoisotopic (exact) mass is 649 g/mol. The number of nitrogens with one attached hydrogen (secondary N) is 1. The molecule has 238 valence electrons. The molecule has 0 aliphatic carbocycles. The zero-order valence-corrected chi connectivity index (χ0v) is 27.7. The molecule has 3 heteroatoms. The number of fused-ring (bicyclic) bond motifs is 12. The van der Waals surface area contributed by atoms with Crippen LogP contribution in [0.25, 0.3) is 81.4 Å². The van der Waals surface area contributed by atoms with E-state index in [1.165, 1.54) is 70.2 Å². The Morgan fingerprint density at radius 2 is 1.06 bits per heavy atom. The van der Waals surface area contributed by atoms with Gasteiger partial charge in [0.1, 0.15) is 12.0 Å². The maximum Gasteiger partial charge on any atom is 0.147 e. The first-order chi connectivity index (χ1) is 25.3. The van der Waals surface area contributed by atoms with Gasteiger partial charge in [-0.3, -0.25) is 4.57 Å². The minimum atomic E-state index is -0.292. The Hall–Kier alpha value is -6.71. The van der Waals surface area contributed by atoms with Crippen LogP contribution >= 0.6 is 0 Å². The third kappa shape index (κ3) is 4.28. The van der Waals surface area contributed by atoms with E-state index in [-0.39, 0.29) is 6.17 Å². The van der Waals surface area contributed by atoms with Crippen molar-refractivity contribution in [2.24, 2.45) is 4.99 Å². The van der Waals surface area contributed by atoms with Crippen LogP contribution in [0.3, 0.4) is 0 Å². The Morgan fingerprint density at radius 3 is 1.86 bits per heavy atom. The summed E-state index contributed by atoms with van der Waals surface area (Å²) in [5, 5.41) is 18.7. The lowest BCUT2D eigenvalue weighted by atomic mass is 9.93. The molecule has 1 aromatic heterocycles. The summed E-state index contributed by atoms with van der Waals surface area (Å²) in [4.78, 5) is 5.58. The molecule has 11 rings (SSSR count). The van der Waals surface area contributed by atoms with Crippen LogP contribution in [0.4, 0.5) is 0 Å². The second-order valence-electron chi connectivity index (χ2n) is 13.6. The van der Waals surface area contributed by atoms with Crippen molar-refractivity contribution in [3.8, 4) is 0 Å². The van der Waals surface area contributed by atoms with Gasteiger partial charge in [-0.1, -0.05) is 152 Å². The normalized spacial score (nSPS) is 14.9. The number of allylic oxidation sites excluding steroid dienone is 1. The minimum absolute atomic E-state index is 0.292. The average molecular weight is 650 g/mol. The quantitative estimate of drug-likeness (QED) is 0.186. The van der Waals surface area contributed by atoms with Crippen molar-refractivity contribution in [3.63, 3.8) is 0 Å². The largest absolute Gasteiger partial charge is 0.359 e. The first kappa shape index (κ1) is 28.2. The van der Waals surface area contributed by atoms with E-state index in [4.69, 9.17) is 4.99 Å². The molecule has 2 heterocycles. The van der Waals surface area contributed by atoms with Gasteiger partial charge in [0.2, 0.25) is 0 Å². The van der Waals surface area contributed by atoms with E-state index in [1.807, 2.05) is 0 Å². The number of aliphatic imine (C=N–C) groups is 1. The standard InChI is InChI=1S/C48H31N3/c1-3-14-33-27-35(23-21-30(33)11-1)42-29-44(50-48(49-42)36-24-22-31-12-2-4-15-34(31)28-36)51-43-20-10-9-19-41(43)46-45-37-16-6-5-13-32(37)25-26-39(45)38-17-7-8-18-40(38)47(46)51/h1-29,48-49H. The first-order valence-electron chi connectivity index (χ1n) is 17.6. The molecule has 3 nitrogen and oxygen atoms in total. The van der Waals surface area contributed by atoms with Gasteiger partial charge in [0, 0.05) is 33.3 Å². The Labute approximate surface area is 294 Å². The number of rotatable bonds is 2. The number of para-hydroxylation sites is 1. The Kier molecular flexibility index (Phi) is 6.02. The molecule has 10 aromatic rings. The maximum atomic E-state index is 5.58. The van der Waals surface area contributed by atoms with Gasteiger partial charge in [-0.05, 0) is 72.4 Å². The summed E-state index contributed by atoms with van der Waals surface area (Å²) in [6.45, 7) is 0. The predicted octanol–water partition coefficient (Wildman–Crippen LogP) is 12.2. The molecule has 1 atom stereocenters. The van der Waals surface area contributed by atoms with Crippen LogP contribution < -0.4 is 5.32 Å². The van der Waals surface area contributed by atoms with Gasteiger partial charge >= 0.3 is 0 Å². The van der Waals surface area contributed by atoms with E-state index in [9.17, 15) is 0 Å². The number of hydrogen-bond donors (Lipinski definition) is 1. The van der Waals surface area contributed by atoms with Crippen molar-refractivity contribution < 1.29 is 0 Å². The van der Waals surface area contributed by atoms with Crippen LogP contribution in [0.1, 0.15) is 17.3 Å². The minimum Gasteiger partial charge on any atom is -0.359 e. The first-order valence-corrected chi connectivity index (χ1v) is 17.6. The van der Waals surface area contributed by atoms with Gasteiger partial charge in [0.15, 0.2) is 0 Å². The van der Waals surface area contributed by atoms with E-state index >= 15 is 0 Å². The van der Waals surface area contributed by atoms with E-state index < -0.39 is 0 Å². The molecule has 0 bridgehead atoms. The highest BCUT2D eigenvalue weighted by atomic mass is 15.2. The van der Waals surface area contributed by atoms with Crippen LogP contribution in [0.2, 0.25) is 0 Å². The fourth-order valence-corrected chi connectivity index (χ4v) is 8.38. The van der Waals surface area contributed by atoms with E-state index in [0.29, 0.717) is 0 Å². The van der Waals surface area contributed by atoms with Crippen LogP contribution in [0, 0.1) is 0 Å². The maximum absolute atomic E-state index is 5.58. The van der Waals surface area contributed by atoms with Crippen molar-refractivity contribution in [3.05, 3.63) is 187 Å². The van der Waals surface area contributed by atoms with Crippen molar-refractivity contribution >= 4 is 87.2 Å². The molecule has 0 saturated heterocycles. The lowest BCUT2D eigenvalue weighted by Gasteiger charge is -2.26. The zero-order chi connectivity index (χ0) is 33.5. The molecule has 0 radical (unpaired) electrons. The second-order valence-corrected chi connectivity index (χ2v) is 13.6. The summed E-state index contributed by atoms with van der Waals surface area (Å²) >= 11 is 0. The van der Waals surface area contributed by atoms with Crippen molar-refractivity contribution in [2.75, 3.05) is 0 Å². The Morgan fingerprint density at radius 1 is 0.451 bits per heavy atom. The zero-order valence-electron chi connectivity index (χ0n) is 27.7. The van der Waals surface area contributed by atoms with E-state index in [1.54, 1.807) is 0 Å². The summed E-state index contributed by atoms with van der Waals surface area (Å²) in [5.41, 5.74) is 5.63. The SMILES string of the molecule is C1=C(c2ccc3ccccc3c2)NC(c2ccc3ccccc3c2)N=C1n1c2ccccc2c2c3c4ccccc4ccc3c3ccccc3c21. The second kappa shape index (κ2) is 10.9. The molecule has 51 heavy (non-hydrogen) atoms. The molecule has 0 amide bonds. The number of aromatic nitrogens is 1. The summed E-state index contributed by atoms with van der Waals surface area (Å²) in [6, 6.07) is 61.6. The van der Waals surface area contributed by atoms with Gasteiger partial charge < -0.3 is 5.32 Å². The number of nitrogens with zero attached hydrogens (tertiary/aromatic N) is 2. The molecule has 1 aliphatic rings. The van der Waals surface area contributed by atoms with Crippen molar-refractivity contribution in [2.45, 2.75) is 6.17 Å². The highest BCUT2D eigenvalue weighted by Crippen LogP contribution is 2.44. The van der Waals surface area contributed by atoms with Gasteiger partial charge in [0.05, 0.1) is 11.0 Å². The topological polar surface area (TPSA) is 29.3 Å². The molecular formula is C48H31N3. The Balaban J connectivity index is 1.26. The molecular weight excluding hydrogens is 619 g/mol. The average Bonchev–Trinajstić information content (AvgIpc) is 3.55. The molecule has 0 fully saturated rings. The predicted molar refractivity (Wildman–Crippen MR) is 217 cm³/mol. The van der Waals surface area contributed by atoms with E-state index in [2.05, 4.69) is 186 Å². The third-order valence-electron chi connectivity index (χ3n) is 10.7. The fourth-order valence-electron chi connectivity index (χ4n) is 8.38. The number of benzene rings is 9.